The lowest BCUT2D eigenvalue weighted by Gasteiger charge is -2.40. The van der Waals surface area contributed by atoms with Crippen molar-refractivity contribution in [3.8, 4) is 11.1 Å². The number of fused-ring (bicyclic) bond motifs is 3. The second kappa shape index (κ2) is 17.3. The third kappa shape index (κ3) is 8.14. The van der Waals surface area contributed by atoms with Gasteiger partial charge in [0.25, 0.3) is 0 Å². The third-order valence-electron chi connectivity index (χ3n) is 11.2. The fraction of sp³-hybridized carbons (Fsp3) is 0.286. The molecule has 0 radical (unpaired) electrons. The van der Waals surface area contributed by atoms with Crippen molar-refractivity contribution in [3.63, 3.8) is 0 Å². The van der Waals surface area contributed by atoms with E-state index in [0.29, 0.717) is 12.8 Å². The first-order chi connectivity index (χ1) is 27.6. The lowest BCUT2D eigenvalue weighted by molar-refractivity contribution is -0.155. The molecule has 7 nitrogen and oxygen atoms in total. The van der Waals surface area contributed by atoms with Crippen LogP contribution < -0.4 is 5.32 Å². The van der Waals surface area contributed by atoms with Gasteiger partial charge in [0.1, 0.15) is 25.3 Å². The van der Waals surface area contributed by atoms with Gasteiger partial charge in [-0.2, -0.15) is 0 Å². The monoisotopic (exact) mass is 778 g/mol. The van der Waals surface area contributed by atoms with E-state index < -0.39 is 28.9 Å². The molecule has 1 saturated heterocycles. The lowest BCUT2D eigenvalue weighted by Crippen LogP contribution is -2.57. The number of hydrogen-bond donors (Lipinski definition) is 1. The highest BCUT2D eigenvalue weighted by molar-refractivity contribution is 8.00. The average Bonchev–Trinajstić information content (AvgIpc) is 3.84. The van der Waals surface area contributed by atoms with Gasteiger partial charge < -0.3 is 19.7 Å². The minimum Gasteiger partial charge on any atom is -0.460 e. The van der Waals surface area contributed by atoms with Crippen LogP contribution in [-0.2, 0) is 23.8 Å². The Morgan fingerprint density at radius 3 is 1.72 bits per heavy atom. The molecule has 57 heavy (non-hydrogen) atoms. The second-order valence-corrected chi connectivity index (χ2v) is 17.0. The zero-order valence-corrected chi connectivity index (χ0v) is 33.6. The van der Waals surface area contributed by atoms with Crippen LogP contribution in [0.25, 0.3) is 11.1 Å². The van der Waals surface area contributed by atoms with E-state index >= 15 is 4.79 Å². The number of nitrogens with zero attached hydrogens (tertiary/aromatic N) is 1. The Kier molecular flexibility index (Phi) is 12.0. The number of thioether (sulfide) groups is 1. The van der Waals surface area contributed by atoms with Crippen molar-refractivity contribution in [1.82, 2.24) is 10.2 Å². The highest BCUT2D eigenvalue weighted by atomic mass is 32.2. The Labute approximate surface area is 340 Å². The van der Waals surface area contributed by atoms with Gasteiger partial charge in [0.15, 0.2) is 0 Å². The normalized spacial score (nSPS) is 16.9. The molecule has 1 N–H and O–H groups in total. The smallest absolute Gasteiger partial charge is 0.407 e. The molecule has 1 heterocycles. The van der Waals surface area contributed by atoms with Crippen molar-refractivity contribution < 1.29 is 23.9 Å². The number of likely N-dealkylation sites (tertiary alicyclic amines) is 1. The molecule has 292 valence electrons. The molecular weight excluding hydrogens is 729 g/mol. The predicted molar refractivity (Wildman–Crippen MR) is 228 cm³/mol. The summed E-state index contributed by atoms with van der Waals surface area (Å²) < 4.78 is 10.8. The van der Waals surface area contributed by atoms with Gasteiger partial charge in [-0.15, -0.1) is 11.8 Å². The van der Waals surface area contributed by atoms with E-state index in [1.54, 1.807) is 16.7 Å². The van der Waals surface area contributed by atoms with Gasteiger partial charge in [0, 0.05) is 17.7 Å². The van der Waals surface area contributed by atoms with Crippen LogP contribution in [0.5, 0.6) is 0 Å². The maximum Gasteiger partial charge on any atom is 0.407 e. The molecule has 1 fully saturated rings. The maximum absolute atomic E-state index is 15.3. The van der Waals surface area contributed by atoms with Crippen LogP contribution >= 0.6 is 11.8 Å². The zero-order chi connectivity index (χ0) is 40.0. The second-order valence-electron chi connectivity index (χ2n) is 15.8. The average molecular weight is 779 g/mol. The van der Waals surface area contributed by atoms with E-state index in [-0.39, 0.29) is 42.2 Å². The summed E-state index contributed by atoms with van der Waals surface area (Å²) in [5.41, 5.74) is 7.17. The molecule has 1 aliphatic carbocycles. The molecule has 5 aromatic carbocycles. The minimum atomic E-state index is -1.06. The van der Waals surface area contributed by atoms with Gasteiger partial charge in [-0.05, 0) is 57.2 Å². The molecular formula is C49H50N2O5S. The Balaban J connectivity index is 1.25. The Morgan fingerprint density at radius 2 is 1.23 bits per heavy atom. The van der Waals surface area contributed by atoms with Crippen LogP contribution in [-0.4, -0.2) is 60.0 Å². The molecule has 0 spiro atoms. The number of amides is 2. The fourth-order valence-corrected chi connectivity index (χ4v) is 10.1. The highest BCUT2D eigenvalue weighted by Gasteiger charge is 2.49. The van der Waals surface area contributed by atoms with Crippen molar-refractivity contribution >= 4 is 29.7 Å². The topological polar surface area (TPSA) is 84.9 Å². The number of ether oxygens (including phenoxy) is 2. The highest BCUT2D eigenvalue weighted by Crippen LogP contribution is 2.49. The Bertz CT molecular complexity index is 2040. The van der Waals surface area contributed by atoms with Crippen LogP contribution in [0, 0.1) is 5.41 Å². The van der Waals surface area contributed by atoms with Crippen molar-refractivity contribution in [2.24, 2.45) is 5.41 Å². The zero-order valence-electron chi connectivity index (χ0n) is 32.8. The summed E-state index contributed by atoms with van der Waals surface area (Å²) in [7, 11) is 0. The van der Waals surface area contributed by atoms with Crippen molar-refractivity contribution in [3.05, 3.63) is 180 Å². The molecule has 8 heteroatoms. The number of benzene rings is 5. The van der Waals surface area contributed by atoms with Crippen LogP contribution in [0.2, 0.25) is 0 Å². The summed E-state index contributed by atoms with van der Waals surface area (Å²) in [6.07, 6.45) is 1.90. The molecule has 0 bridgehead atoms. The summed E-state index contributed by atoms with van der Waals surface area (Å²) in [5, 5.41) is 3.03. The van der Waals surface area contributed by atoms with E-state index in [0.717, 1.165) is 38.9 Å². The summed E-state index contributed by atoms with van der Waals surface area (Å²) in [6.45, 7) is 10.1. The molecule has 2 aliphatic rings. The number of carbonyl (C=O) groups is 3. The Morgan fingerprint density at radius 1 is 0.737 bits per heavy atom. The number of alkyl carbamates (subject to hydrolysis) is 1. The van der Waals surface area contributed by atoms with Gasteiger partial charge in [0.05, 0.1) is 4.75 Å². The largest absolute Gasteiger partial charge is 0.460 e. The number of rotatable bonds is 13. The summed E-state index contributed by atoms with van der Waals surface area (Å²) in [4.78, 5) is 44.6. The van der Waals surface area contributed by atoms with E-state index in [2.05, 4.69) is 93.3 Å². The van der Waals surface area contributed by atoms with Gasteiger partial charge in [0.2, 0.25) is 5.91 Å². The molecule has 3 atom stereocenters. The summed E-state index contributed by atoms with van der Waals surface area (Å²) in [5.74, 6) is -0.808. The third-order valence-corrected chi connectivity index (χ3v) is 12.8. The number of carbonyl (C=O) groups excluding carboxylic acids is 3. The van der Waals surface area contributed by atoms with Gasteiger partial charge in [-0.25, -0.2) is 9.59 Å². The first-order valence-corrected chi connectivity index (χ1v) is 20.6. The molecule has 2 amide bonds. The minimum absolute atomic E-state index is 0.0442. The lowest BCUT2D eigenvalue weighted by atomic mass is 9.84. The number of hydrogen-bond acceptors (Lipinski definition) is 6. The molecule has 0 unspecified atom stereocenters. The van der Waals surface area contributed by atoms with E-state index in [9.17, 15) is 9.59 Å². The molecule has 7 rings (SSSR count). The van der Waals surface area contributed by atoms with E-state index in [4.69, 9.17) is 9.47 Å². The first kappa shape index (κ1) is 39.6. The fourth-order valence-electron chi connectivity index (χ4n) is 8.55. The van der Waals surface area contributed by atoms with E-state index in [1.165, 1.54) is 6.08 Å². The summed E-state index contributed by atoms with van der Waals surface area (Å²) in [6, 6.07) is 44.9. The molecule has 0 aromatic heterocycles. The van der Waals surface area contributed by atoms with Gasteiger partial charge >= 0.3 is 12.1 Å². The van der Waals surface area contributed by atoms with Crippen molar-refractivity contribution in [2.75, 3.05) is 19.0 Å². The van der Waals surface area contributed by atoms with E-state index in [1.807, 2.05) is 78.9 Å². The van der Waals surface area contributed by atoms with Crippen LogP contribution in [0.1, 0.15) is 67.3 Å². The quantitative estimate of drug-likeness (QED) is 0.0728. The van der Waals surface area contributed by atoms with Crippen LogP contribution in [0.15, 0.2) is 152 Å². The van der Waals surface area contributed by atoms with Crippen LogP contribution in [0.4, 0.5) is 4.79 Å². The number of esters is 1. The first-order valence-electron chi connectivity index (χ1n) is 19.6. The SMILES string of the molecule is C=CCOC(=O)[C@@H]1CC[C@H](C(C)(C)C)N1C(=O)[C@H](CSC(c1ccccc1)(c1ccccc1)c1ccccc1)NC(=O)OCC1c2ccccc2-c2ccccc21. The van der Waals surface area contributed by atoms with Crippen molar-refractivity contribution in [2.45, 2.75) is 62.4 Å². The molecule has 5 aromatic rings. The molecule has 0 saturated carbocycles. The van der Waals surface area contributed by atoms with Gasteiger partial charge in [-0.3, -0.25) is 4.79 Å². The van der Waals surface area contributed by atoms with Crippen molar-refractivity contribution in [1.29, 1.82) is 0 Å². The maximum atomic E-state index is 15.3. The standard InChI is InChI=1S/C49H50N2O5S/c1-5-31-55-46(53)43-29-30-44(48(2,3)4)51(43)45(52)42(50-47(54)56-32-41-39-27-17-15-25-37(39)38-26-16-18-28-40(38)41)33-57-49(34-19-9-6-10-20-34,35-21-11-7-12-22-35)36-23-13-8-14-24-36/h5-28,41-44H,1,29-33H2,2-4H3,(H,50,54)/t42-,43-,44+/m0/s1. The Hall–Kier alpha value is -5.60. The van der Waals surface area contributed by atoms with Crippen LogP contribution in [0.3, 0.4) is 0 Å². The van der Waals surface area contributed by atoms with Gasteiger partial charge in [-0.1, -0.05) is 173 Å². The predicted octanol–water partition coefficient (Wildman–Crippen LogP) is 9.75. The summed E-state index contributed by atoms with van der Waals surface area (Å²) >= 11 is 1.58. The molecule has 1 aliphatic heterocycles. The number of nitrogens with one attached hydrogen (secondary N) is 1.